The van der Waals surface area contributed by atoms with Gasteiger partial charge in [-0.15, -0.1) is 10.2 Å². The van der Waals surface area contributed by atoms with Crippen molar-refractivity contribution in [3.05, 3.63) is 51.0 Å². The summed E-state index contributed by atoms with van der Waals surface area (Å²) < 4.78 is 5.93. The van der Waals surface area contributed by atoms with Gasteiger partial charge in [0.05, 0.1) is 4.92 Å². The number of nitrogens with zero attached hydrogens (tertiary/aromatic N) is 5. The summed E-state index contributed by atoms with van der Waals surface area (Å²) in [5, 5.41) is 19.6. The summed E-state index contributed by atoms with van der Waals surface area (Å²) >= 11 is 5.84. The Morgan fingerprint density at radius 2 is 1.81 bits per heavy atom. The van der Waals surface area contributed by atoms with Gasteiger partial charge in [0.15, 0.2) is 5.82 Å². The van der Waals surface area contributed by atoms with Crippen LogP contribution in [0.15, 0.2) is 30.3 Å². The summed E-state index contributed by atoms with van der Waals surface area (Å²) in [6, 6.07) is 7.87. The van der Waals surface area contributed by atoms with Crippen LogP contribution in [0.5, 0.6) is 5.88 Å². The van der Waals surface area contributed by atoms with Crippen molar-refractivity contribution in [1.29, 1.82) is 0 Å². The minimum Gasteiger partial charge on any atom is -0.473 e. The van der Waals surface area contributed by atoms with E-state index in [1.165, 1.54) is 37.5 Å². The third-order valence-electron chi connectivity index (χ3n) is 5.75. The predicted molar refractivity (Wildman–Crippen MR) is 116 cm³/mol. The number of ether oxygens (including phenoxy) is 1. The molecule has 1 aliphatic heterocycles. The maximum absolute atomic E-state index is 12.8. The average molecular weight is 446 g/mol. The first-order valence-electron chi connectivity index (χ1n) is 10.5. The second kappa shape index (κ2) is 9.47. The fraction of sp³-hybridized carbons (Fsp3) is 0.476. The van der Waals surface area contributed by atoms with Crippen molar-refractivity contribution in [3.8, 4) is 5.88 Å². The summed E-state index contributed by atoms with van der Waals surface area (Å²) in [6.45, 7) is 2.16. The van der Waals surface area contributed by atoms with E-state index in [1.807, 2.05) is 12.1 Å². The molecule has 2 heterocycles. The van der Waals surface area contributed by atoms with Crippen LogP contribution in [0.4, 0.5) is 11.5 Å². The SMILES string of the molecule is O=C(c1ccc(Cl)c([N+](=O)[O-])c1)N1CCN(c2ccc(OC3CCCCC3)nn2)CC1. The molecule has 1 aliphatic carbocycles. The molecule has 0 N–H and O–H groups in total. The molecule has 10 heteroatoms. The van der Waals surface area contributed by atoms with E-state index in [2.05, 4.69) is 15.1 Å². The highest BCUT2D eigenvalue weighted by Crippen LogP contribution is 2.26. The number of carbonyl (C=O) groups excluding carboxylic acids is 1. The minimum atomic E-state index is -0.586. The number of amides is 1. The van der Waals surface area contributed by atoms with Gasteiger partial charge in [0.25, 0.3) is 11.6 Å². The first-order chi connectivity index (χ1) is 15.0. The largest absolute Gasteiger partial charge is 0.473 e. The lowest BCUT2D eigenvalue weighted by Crippen LogP contribution is -2.49. The number of carbonyl (C=O) groups is 1. The summed E-state index contributed by atoms with van der Waals surface area (Å²) in [6.07, 6.45) is 6.03. The van der Waals surface area contributed by atoms with E-state index in [0.717, 1.165) is 18.7 Å². The molecule has 0 spiro atoms. The van der Waals surface area contributed by atoms with Gasteiger partial charge in [0.1, 0.15) is 11.1 Å². The van der Waals surface area contributed by atoms with Gasteiger partial charge in [0.2, 0.25) is 5.88 Å². The third-order valence-corrected chi connectivity index (χ3v) is 6.07. The predicted octanol–water partition coefficient (Wildman–Crippen LogP) is 3.71. The lowest BCUT2D eigenvalue weighted by molar-refractivity contribution is -0.384. The summed E-state index contributed by atoms with van der Waals surface area (Å²) in [7, 11) is 0. The lowest BCUT2D eigenvalue weighted by atomic mass is 9.98. The van der Waals surface area contributed by atoms with E-state index < -0.39 is 4.92 Å². The molecule has 1 saturated carbocycles. The quantitative estimate of drug-likeness (QED) is 0.510. The van der Waals surface area contributed by atoms with E-state index in [4.69, 9.17) is 16.3 Å². The molecule has 0 radical (unpaired) electrons. The molecule has 31 heavy (non-hydrogen) atoms. The monoisotopic (exact) mass is 445 g/mol. The lowest BCUT2D eigenvalue weighted by Gasteiger charge is -2.35. The highest BCUT2D eigenvalue weighted by atomic mass is 35.5. The molecule has 2 aliphatic rings. The fourth-order valence-electron chi connectivity index (χ4n) is 4.01. The van der Waals surface area contributed by atoms with E-state index in [1.54, 1.807) is 4.90 Å². The van der Waals surface area contributed by atoms with Crippen LogP contribution in [0.2, 0.25) is 5.02 Å². The van der Waals surface area contributed by atoms with E-state index in [0.29, 0.717) is 32.1 Å². The maximum atomic E-state index is 12.8. The molecular weight excluding hydrogens is 422 g/mol. The van der Waals surface area contributed by atoms with Crippen LogP contribution < -0.4 is 9.64 Å². The van der Waals surface area contributed by atoms with Crippen molar-refractivity contribution < 1.29 is 14.5 Å². The van der Waals surface area contributed by atoms with Crippen LogP contribution in [0.1, 0.15) is 42.5 Å². The molecule has 0 bridgehead atoms. The van der Waals surface area contributed by atoms with Gasteiger partial charge >= 0.3 is 0 Å². The first-order valence-corrected chi connectivity index (χ1v) is 10.9. The molecule has 1 saturated heterocycles. The zero-order valence-electron chi connectivity index (χ0n) is 17.1. The number of piperazine rings is 1. The van der Waals surface area contributed by atoms with Gasteiger partial charge in [0, 0.05) is 43.9 Å². The Bertz CT molecular complexity index is 941. The van der Waals surface area contributed by atoms with Crippen molar-refractivity contribution in [3.63, 3.8) is 0 Å². The Balaban J connectivity index is 1.33. The Hall–Kier alpha value is -2.94. The van der Waals surface area contributed by atoms with Gasteiger partial charge in [-0.3, -0.25) is 14.9 Å². The molecule has 164 valence electrons. The number of nitro benzene ring substituents is 1. The molecule has 0 atom stereocenters. The van der Waals surface area contributed by atoms with E-state index in [9.17, 15) is 14.9 Å². The van der Waals surface area contributed by atoms with Crippen molar-refractivity contribution in [2.24, 2.45) is 0 Å². The molecule has 0 unspecified atom stereocenters. The van der Waals surface area contributed by atoms with Crippen LogP contribution in [0.3, 0.4) is 0 Å². The maximum Gasteiger partial charge on any atom is 0.288 e. The fourth-order valence-corrected chi connectivity index (χ4v) is 4.19. The molecule has 4 rings (SSSR count). The number of halogens is 1. The number of benzene rings is 1. The highest BCUT2D eigenvalue weighted by Gasteiger charge is 2.25. The van der Waals surface area contributed by atoms with Crippen molar-refractivity contribution in [1.82, 2.24) is 15.1 Å². The number of aromatic nitrogens is 2. The van der Waals surface area contributed by atoms with E-state index >= 15 is 0 Å². The Kier molecular flexibility index (Phi) is 6.50. The van der Waals surface area contributed by atoms with Gasteiger partial charge in [-0.05, 0) is 43.9 Å². The van der Waals surface area contributed by atoms with Crippen LogP contribution in [0.25, 0.3) is 0 Å². The Labute approximate surface area is 185 Å². The van der Waals surface area contributed by atoms with Gasteiger partial charge in [-0.2, -0.15) is 0 Å². The highest BCUT2D eigenvalue weighted by molar-refractivity contribution is 6.32. The topological polar surface area (TPSA) is 102 Å². The van der Waals surface area contributed by atoms with Crippen molar-refractivity contribution >= 4 is 29.0 Å². The number of hydrogen-bond acceptors (Lipinski definition) is 7. The molecule has 2 aromatic rings. The van der Waals surface area contributed by atoms with Gasteiger partial charge in [-0.25, -0.2) is 0 Å². The van der Waals surface area contributed by atoms with Gasteiger partial charge < -0.3 is 14.5 Å². The average Bonchev–Trinajstić information content (AvgIpc) is 2.80. The van der Waals surface area contributed by atoms with E-state index in [-0.39, 0.29) is 28.3 Å². The first kappa shape index (κ1) is 21.3. The molecule has 1 amide bonds. The zero-order chi connectivity index (χ0) is 21.8. The number of nitro groups is 1. The standard InChI is InChI=1S/C21H24ClN5O4/c22-17-7-6-15(14-18(17)27(29)30)21(28)26-12-10-25(11-13-26)19-8-9-20(24-23-19)31-16-4-2-1-3-5-16/h6-9,14,16H,1-5,10-13H2. The summed E-state index contributed by atoms with van der Waals surface area (Å²) in [5.41, 5.74) is -0.00878. The Morgan fingerprint density at radius 3 is 2.45 bits per heavy atom. The van der Waals surface area contributed by atoms with Gasteiger partial charge in [-0.1, -0.05) is 18.0 Å². The van der Waals surface area contributed by atoms with Crippen LogP contribution in [0, 0.1) is 10.1 Å². The second-order valence-corrected chi connectivity index (χ2v) is 8.22. The number of rotatable bonds is 5. The van der Waals surface area contributed by atoms with Crippen molar-refractivity contribution in [2.75, 3.05) is 31.1 Å². The summed E-state index contributed by atoms with van der Waals surface area (Å²) in [4.78, 5) is 27.0. The third kappa shape index (κ3) is 5.04. The van der Waals surface area contributed by atoms with Crippen molar-refractivity contribution in [2.45, 2.75) is 38.2 Å². The summed E-state index contributed by atoms with van der Waals surface area (Å²) in [5.74, 6) is 1.04. The molecule has 1 aromatic heterocycles. The molecular formula is C21H24ClN5O4. The Morgan fingerprint density at radius 1 is 1.06 bits per heavy atom. The van der Waals surface area contributed by atoms with Crippen LogP contribution >= 0.6 is 11.6 Å². The number of hydrogen-bond donors (Lipinski definition) is 0. The normalized spacial score (nSPS) is 17.5. The molecule has 9 nitrogen and oxygen atoms in total. The number of anilines is 1. The molecule has 1 aromatic carbocycles. The van der Waals surface area contributed by atoms with Crippen LogP contribution in [-0.4, -0.2) is 58.2 Å². The zero-order valence-corrected chi connectivity index (χ0v) is 17.8. The molecule has 2 fully saturated rings. The second-order valence-electron chi connectivity index (χ2n) is 7.81. The smallest absolute Gasteiger partial charge is 0.288 e. The minimum absolute atomic E-state index is 0.0147. The van der Waals surface area contributed by atoms with Crippen LogP contribution in [-0.2, 0) is 0 Å².